The summed E-state index contributed by atoms with van der Waals surface area (Å²) in [6.07, 6.45) is 1.02. The number of rotatable bonds is 3. The third-order valence-electron chi connectivity index (χ3n) is 3.69. The minimum absolute atomic E-state index is 0.0272. The zero-order valence-electron chi connectivity index (χ0n) is 11.2. The number of thiazole rings is 1. The zero-order chi connectivity index (χ0) is 13.9. The first kappa shape index (κ1) is 13.3. The highest BCUT2D eigenvalue weighted by Gasteiger charge is 2.28. The highest BCUT2D eigenvalue weighted by atomic mass is 32.1. The first-order valence-electron chi connectivity index (χ1n) is 6.76. The molecular formula is C15H17N3OS. The minimum Gasteiger partial charge on any atom is -0.337 e. The number of nitrogens with zero attached hydrogens (tertiary/aromatic N) is 2. The molecule has 2 heterocycles. The number of carbonyl (C=O) groups is 1. The lowest BCUT2D eigenvalue weighted by Crippen LogP contribution is -2.28. The third-order valence-corrected chi connectivity index (χ3v) is 4.56. The molecular weight excluding hydrogens is 270 g/mol. The van der Waals surface area contributed by atoms with Crippen LogP contribution in [0.2, 0.25) is 0 Å². The number of amides is 1. The molecule has 1 aliphatic rings. The normalized spacial score (nSPS) is 18.4. The van der Waals surface area contributed by atoms with Crippen molar-refractivity contribution in [3.05, 3.63) is 52.0 Å². The van der Waals surface area contributed by atoms with Gasteiger partial charge in [0.1, 0.15) is 10.7 Å². The largest absolute Gasteiger partial charge is 0.337 e. The monoisotopic (exact) mass is 287 g/mol. The predicted molar refractivity (Wildman–Crippen MR) is 79.7 cm³/mol. The van der Waals surface area contributed by atoms with E-state index in [4.69, 9.17) is 5.73 Å². The average molecular weight is 287 g/mol. The first-order valence-corrected chi connectivity index (χ1v) is 7.64. The van der Waals surface area contributed by atoms with Crippen LogP contribution in [0.4, 0.5) is 0 Å². The van der Waals surface area contributed by atoms with Crippen molar-refractivity contribution in [1.29, 1.82) is 0 Å². The van der Waals surface area contributed by atoms with Crippen LogP contribution in [0.5, 0.6) is 0 Å². The molecule has 1 unspecified atom stereocenters. The molecule has 1 aromatic carbocycles. The lowest BCUT2D eigenvalue weighted by atomic mass is 9.99. The van der Waals surface area contributed by atoms with E-state index in [9.17, 15) is 4.79 Å². The van der Waals surface area contributed by atoms with Gasteiger partial charge in [-0.05, 0) is 12.0 Å². The summed E-state index contributed by atoms with van der Waals surface area (Å²) in [5, 5.41) is 2.62. The van der Waals surface area contributed by atoms with Gasteiger partial charge in [-0.2, -0.15) is 0 Å². The molecule has 3 rings (SSSR count). The number of carbonyl (C=O) groups excluding carboxylic acids is 1. The third kappa shape index (κ3) is 2.59. The van der Waals surface area contributed by atoms with Crippen LogP contribution in [0.1, 0.15) is 33.4 Å². The Hall–Kier alpha value is -1.72. The fourth-order valence-electron chi connectivity index (χ4n) is 2.61. The Kier molecular flexibility index (Phi) is 3.80. The van der Waals surface area contributed by atoms with Crippen molar-refractivity contribution in [3.8, 4) is 0 Å². The molecule has 0 saturated carbocycles. The van der Waals surface area contributed by atoms with E-state index in [2.05, 4.69) is 17.1 Å². The second-order valence-electron chi connectivity index (χ2n) is 4.98. The quantitative estimate of drug-likeness (QED) is 0.941. The molecule has 5 heteroatoms. The van der Waals surface area contributed by atoms with Gasteiger partial charge in [0.05, 0.1) is 0 Å². The number of nitrogens with two attached hydrogens (primary N) is 1. The molecule has 20 heavy (non-hydrogen) atoms. The van der Waals surface area contributed by atoms with Crippen LogP contribution in [0.3, 0.4) is 0 Å². The highest BCUT2D eigenvalue weighted by Crippen LogP contribution is 2.28. The molecule has 1 aliphatic heterocycles. The maximum absolute atomic E-state index is 12.4. The van der Waals surface area contributed by atoms with E-state index in [1.54, 1.807) is 5.38 Å². The van der Waals surface area contributed by atoms with Crippen molar-refractivity contribution >= 4 is 17.2 Å². The molecule has 0 aliphatic carbocycles. The lowest BCUT2D eigenvalue weighted by Gasteiger charge is -2.15. The van der Waals surface area contributed by atoms with E-state index in [-0.39, 0.29) is 5.91 Å². The van der Waals surface area contributed by atoms with Crippen molar-refractivity contribution < 1.29 is 4.79 Å². The molecule has 1 fully saturated rings. The van der Waals surface area contributed by atoms with Crippen LogP contribution in [0.25, 0.3) is 0 Å². The van der Waals surface area contributed by atoms with Gasteiger partial charge in [-0.15, -0.1) is 11.3 Å². The van der Waals surface area contributed by atoms with Crippen molar-refractivity contribution in [3.63, 3.8) is 0 Å². The SMILES string of the molecule is NCc1nc(C(=O)N2CCC(c3ccccc3)C2)cs1. The van der Waals surface area contributed by atoms with Crippen LogP contribution in [0.15, 0.2) is 35.7 Å². The summed E-state index contributed by atoms with van der Waals surface area (Å²) in [4.78, 5) is 18.6. The van der Waals surface area contributed by atoms with Gasteiger partial charge in [0, 0.05) is 30.9 Å². The van der Waals surface area contributed by atoms with Crippen LogP contribution < -0.4 is 5.73 Å². The van der Waals surface area contributed by atoms with Gasteiger partial charge in [0.15, 0.2) is 0 Å². The molecule has 1 saturated heterocycles. The van der Waals surface area contributed by atoms with Crippen LogP contribution in [-0.4, -0.2) is 28.9 Å². The van der Waals surface area contributed by atoms with E-state index < -0.39 is 0 Å². The number of likely N-dealkylation sites (tertiary alicyclic amines) is 1. The zero-order valence-corrected chi connectivity index (χ0v) is 12.0. The van der Waals surface area contributed by atoms with E-state index in [1.807, 2.05) is 23.1 Å². The Bertz CT molecular complexity index is 596. The Morgan fingerprint density at radius 3 is 2.90 bits per heavy atom. The van der Waals surface area contributed by atoms with Gasteiger partial charge >= 0.3 is 0 Å². The number of benzene rings is 1. The topological polar surface area (TPSA) is 59.2 Å². The second kappa shape index (κ2) is 5.73. The van der Waals surface area contributed by atoms with Crippen molar-refractivity contribution in [1.82, 2.24) is 9.88 Å². The molecule has 104 valence electrons. The molecule has 4 nitrogen and oxygen atoms in total. The molecule has 1 aromatic heterocycles. The van der Waals surface area contributed by atoms with E-state index in [0.29, 0.717) is 18.2 Å². The van der Waals surface area contributed by atoms with Gasteiger partial charge in [0.2, 0.25) is 0 Å². The molecule has 0 bridgehead atoms. The fourth-order valence-corrected chi connectivity index (χ4v) is 3.26. The standard InChI is InChI=1S/C15H17N3OS/c16-8-14-17-13(10-20-14)15(19)18-7-6-12(9-18)11-4-2-1-3-5-11/h1-5,10,12H,6-9,16H2. The number of aromatic nitrogens is 1. The number of hydrogen-bond donors (Lipinski definition) is 1. The minimum atomic E-state index is 0.0272. The summed E-state index contributed by atoms with van der Waals surface area (Å²) in [6, 6.07) is 10.4. The van der Waals surface area contributed by atoms with Crippen molar-refractivity contribution in [2.75, 3.05) is 13.1 Å². The van der Waals surface area contributed by atoms with Gasteiger partial charge in [0.25, 0.3) is 5.91 Å². The average Bonchev–Trinajstić information content (AvgIpc) is 3.17. The van der Waals surface area contributed by atoms with Gasteiger partial charge in [-0.25, -0.2) is 4.98 Å². The molecule has 1 amide bonds. The Labute approximate surface area is 122 Å². The van der Waals surface area contributed by atoms with Crippen molar-refractivity contribution in [2.24, 2.45) is 5.73 Å². The second-order valence-corrected chi connectivity index (χ2v) is 5.92. The summed E-state index contributed by atoms with van der Waals surface area (Å²) in [6.45, 7) is 1.97. The molecule has 1 atom stereocenters. The van der Waals surface area contributed by atoms with Crippen LogP contribution >= 0.6 is 11.3 Å². The summed E-state index contributed by atoms with van der Waals surface area (Å²) >= 11 is 1.45. The van der Waals surface area contributed by atoms with E-state index in [0.717, 1.165) is 24.5 Å². The molecule has 0 spiro atoms. The summed E-state index contributed by atoms with van der Waals surface area (Å²) < 4.78 is 0. The highest BCUT2D eigenvalue weighted by molar-refractivity contribution is 7.09. The van der Waals surface area contributed by atoms with E-state index in [1.165, 1.54) is 16.9 Å². The maximum Gasteiger partial charge on any atom is 0.273 e. The summed E-state index contributed by atoms with van der Waals surface area (Å²) in [7, 11) is 0. The number of hydrogen-bond acceptors (Lipinski definition) is 4. The molecule has 2 aromatic rings. The maximum atomic E-state index is 12.4. The van der Waals surface area contributed by atoms with Gasteiger partial charge < -0.3 is 10.6 Å². The molecule has 2 N–H and O–H groups in total. The van der Waals surface area contributed by atoms with Gasteiger partial charge in [-0.1, -0.05) is 30.3 Å². The van der Waals surface area contributed by atoms with Crippen LogP contribution in [-0.2, 0) is 6.54 Å². The lowest BCUT2D eigenvalue weighted by molar-refractivity contribution is 0.0785. The predicted octanol–water partition coefficient (Wildman–Crippen LogP) is 2.23. The smallest absolute Gasteiger partial charge is 0.273 e. The Morgan fingerprint density at radius 1 is 1.40 bits per heavy atom. The summed E-state index contributed by atoms with van der Waals surface area (Å²) in [5.41, 5.74) is 7.38. The Balaban J connectivity index is 1.69. The fraction of sp³-hybridized carbons (Fsp3) is 0.333. The first-order chi connectivity index (χ1) is 9.78. The van der Waals surface area contributed by atoms with Gasteiger partial charge in [-0.3, -0.25) is 4.79 Å². The van der Waals surface area contributed by atoms with Crippen LogP contribution in [0, 0.1) is 0 Å². The Morgan fingerprint density at radius 2 is 2.20 bits per heavy atom. The molecule has 0 radical (unpaired) electrons. The van der Waals surface area contributed by atoms with Crippen molar-refractivity contribution in [2.45, 2.75) is 18.9 Å². The summed E-state index contributed by atoms with van der Waals surface area (Å²) in [5.74, 6) is 0.465. The van der Waals surface area contributed by atoms with E-state index >= 15 is 0 Å².